The number of hydrogen-bond acceptors (Lipinski definition) is 2. The molecule has 1 N–H and O–H groups in total. The van der Waals surface area contributed by atoms with Crippen LogP contribution in [0, 0.1) is 0 Å². The van der Waals surface area contributed by atoms with Gasteiger partial charge in [0, 0.05) is 4.91 Å². The molecule has 0 aliphatic heterocycles. The maximum Gasteiger partial charge on any atom is 0.143 e. The summed E-state index contributed by atoms with van der Waals surface area (Å²) in [5.74, 6) is 0. The van der Waals surface area contributed by atoms with Gasteiger partial charge in [0.25, 0.3) is 0 Å². The Morgan fingerprint density at radius 2 is 2.00 bits per heavy atom. The molecule has 1 fully saturated rings. The highest BCUT2D eigenvalue weighted by Gasteiger charge is 2.29. The SMILES string of the molecule is [N-]=[N+]=NC1(O)CCCC1. The lowest BCUT2D eigenvalue weighted by molar-refractivity contribution is 0.0553. The van der Waals surface area contributed by atoms with Crippen molar-refractivity contribution in [2.45, 2.75) is 31.4 Å². The molecule has 1 aliphatic rings. The van der Waals surface area contributed by atoms with E-state index in [1.54, 1.807) is 0 Å². The highest BCUT2D eigenvalue weighted by molar-refractivity contribution is 4.81. The van der Waals surface area contributed by atoms with E-state index >= 15 is 0 Å². The average molecular weight is 127 g/mol. The van der Waals surface area contributed by atoms with Crippen molar-refractivity contribution in [1.82, 2.24) is 0 Å². The van der Waals surface area contributed by atoms with Crippen LogP contribution in [0.25, 0.3) is 10.4 Å². The lowest BCUT2D eigenvalue weighted by Gasteiger charge is -2.12. The van der Waals surface area contributed by atoms with Gasteiger partial charge in [-0.25, -0.2) is 0 Å². The van der Waals surface area contributed by atoms with E-state index in [1.807, 2.05) is 0 Å². The molecule has 0 heterocycles. The molecule has 1 aliphatic carbocycles. The average Bonchev–Trinajstić information content (AvgIpc) is 2.16. The number of azide groups is 1. The van der Waals surface area contributed by atoms with Crippen molar-refractivity contribution in [3.05, 3.63) is 10.4 Å². The van der Waals surface area contributed by atoms with Gasteiger partial charge in [-0.2, -0.15) is 0 Å². The van der Waals surface area contributed by atoms with Gasteiger partial charge >= 0.3 is 0 Å². The molecule has 0 unspecified atom stereocenters. The Kier molecular flexibility index (Phi) is 1.60. The van der Waals surface area contributed by atoms with Crippen molar-refractivity contribution in [2.75, 3.05) is 0 Å². The van der Waals surface area contributed by atoms with E-state index in [0.717, 1.165) is 12.8 Å². The van der Waals surface area contributed by atoms with E-state index in [9.17, 15) is 5.11 Å². The van der Waals surface area contributed by atoms with Crippen molar-refractivity contribution >= 4 is 0 Å². The maximum atomic E-state index is 9.27. The van der Waals surface area contributed by atoms with Crippen LogP contribution in [0.5, 0.6) is 0 Å². The summed E-state index contributed by atoms with van der Waals surface area (Å²) in [5.41, 5.74) is 6.94. The van der Waals surface area contributed by atoms with Gasteiger partial charge in [0.1, 0.15) is 5.72 Å². The summed E-state index contributed by atoms with van der Waals surface area (Å²) in [6, 6.07) is 0. The molecule has 9 heavy (non-hydrogen) atoms. The first kappa shape index (κ1) is 6.39. The lowest BCUT2D eigenvalue weighted by atomic mass is 10.2. The third-order valence-corrected chi connectivity index (χ3v) is 1.64. The number of hydrogen-bond donors (Lipinski definition) is 1. The van der Waals surface area contributed by atoms with E-state index < -0.39 is 5.72 Å². The first-order chi connectivity index (χ1) is 4.27. The zero-order valence-electron chi connectivity index (χ0n) is 5.12. The molecule has 0 aromatic heterocycles. The van der Waals surface area contributed by atoms with Crippen molar-refractivity contribution in [2.24, 2.45) is 5.11 Å². The molecular weight excluding hydrogens is 118 g/mol. The molecule has 4 heteroatoms. The second kappa shape index (κ2) is 2.25. The van der Waals surface area contributed by atoms with Gasteiger partial charge in [-0.1, -0.05) is 18.0 Å². The van der Waals surface area contributed by atoms with Gasteiger partial charge in [0.2, 0.25) is 0 Å². The van der Waals surface area contributed by atoms with Crippen LogP contribution < -0.4 is 0 Å². The minimum absolute atomic E-state index is 0.622. The summed E-state index contributed by atoms with van der Waals surface area (Å²) in [6.07, 6.45) is 3.18. The van der Waals surface area contributed by atoms with Gasteiger partial charge in [-0.3, -0.25) is 0 Å². The minimum atomic E-state index is -1.05. The van der Waals surface area contributed by atoms with Crippen LogP contribution in [0.2, 0.25) is 0 Å². The zero-order valence-corrected chi connectivity index (χ0v) is 5.12. The van der Waals surface area contributed by atoms with Gasteiger partial charge in [0.05, 0.1) is 0 Å². The molecule has 1 rings (SSSR count). The summed E-state index contributed by atoms with van der Waals surface area (Å²) in [6.45, 7) is 0. The molecule has 1 saturated carbocycles. The summed E-state index contributed by atoms with van der Waals surface area (Å²) in [4.78, 5) is 2.56. The van der Waals surface area contributed by atoms with E-state index in [0.29, 0.717) is 12.8 Å². The Morgan fingerprint density at radius 3 is 2.44 bits per heavy atom. The summed E-state index contributed by atoms with van der Waals surface area (Å²) in [5, 5.41) is 12.6. The van der Waals surface area contributed by atoms with Crippen molar-refractivity contribution < 1.29 is 5.11 Å². The Bertz CT molecular complexity index is 144. The van der Waals surface area contributed by atoms with Crippen molar-refractivity contribution in [1.29, 1.82) is 0 Å². The molecule has 0 saturated heterocycles. The van der Waals surface area contributed by atoms with Crippen LogP contribution in [-0.4, -0.2) is 10.8 Å². The van der Waals surface area contributed by atoms with Crippen LogP contribution in [0.15, 0.2) is 5.11 Å². The summed E-state index contributed by atoms with van der Waals surface area (Å²) in [7, 11) is 0. The molecule has 4 nitrogen and oxygen atoms in total. The van der Waals surface area contributed by atoms with Crippen LogP contribution in [0.1, 0.15) is 25.7 Å². The van der Waals surface area contributed by atoms with Crippen LogP contribution in [-0.2, 0) is 0 Å². The number of nitrogens with zero attached hydrogens (tertiary/aromatic N) is 3. The first-order valence-electron chi connectivity index (χ1n) is 3.05. The minimum Gasteiger partial charge on any atom is -0.384 e. The molecule has 0 bridgehead atoms. The summed E-state index contributed by atoms with van der Waals surface area (Å²) < 4.78 is 0. The second-order valence-corrected chi connectivity index (χ2v) is 2.38. The Morgan fingerprint density at radius 1 is 1.44 bits per heavy atom. The molecule has 0 aromatic rings. The molecule has 0 amide bonds. The molecule has 0 radical (unpaired) electrons. The fraction of sp³-hybridized carbons (Fsp3) is 1.00. The van der Waals surface area contributed by atoms with Crippen LogP contribution >= 0.6 is 0 Å². The third kappa shape index (κ3) is 1.34. The van der Waals surface area contributed by atoms with Crippen molar-refractivity contribution in [3.8, 4) is 0 Å². The number of aliphatic hydroxyl groups is 1. The van der Waals surface area contributed by atoms with Gasteiger partial charge in [-0.15, -0.1) is 0 Å². The quantitative estimate of drug-likeness (QED) is 0.324. The lowest BCUT2D eigenvalue weighted by Crippen LogP contribution is -2.18. The Hall–Kier alpha value is -0.730. The predicted molar refractivity (Wildman–Crippen MR) is 32.6 cm³/mol. The normalized spacial score (nSPS) is 23.2. The van der Waals surface area contributed by atoms with Gasteiger partial charge < -0.3 is 5.11 Å². The molecule has 0 spiro atoms. The third-order valence-electron chi connectivity index (χ3n) is 1.64. The fourth-order valence-corrected chi connectivity index (χ4v) is 1.12. The van der Waals surface area contributed by atoms with E-state index in [2.05, 4.69) is 10.0 Å². The van der Waals surface area contributed by atoms with Crippen molar-refractivity contribution in [3.63, 3.8) is 0 Å². The second-order valence-electron chi connectivity index (χ2n) is 2.38. The smallest absolute Gasteiger partial charge is 0.143 e. The predicted octanol–water partition coefficient (Wildman–Crippen LogP) is 1.56. The maximum absolute atomic E-state index is 9.27. The number of rotatable bonds is 1. The molecule has 0 aromatic carbocycles. The van der Waals surface area contributed by atoms with Crippen LogP contribution in [0.4, 0.5) is 0 Å². The topological polar surface area (TPSA) is 69.0 Å². The molecule has 50 valence electrons. The van der Waals surface area contributed by atoms with E-state index in [-0.39, 0.29) is 0 Å². The molecular formula is C5H9N3O. The highest BCUT2D eigenvalue weighted by atomic mass is 16.3. The largest absolute Gasteiger partial charge is 0.384 e. The zero-order chi connectivity index (χ0) is 6.74. The summed E-state index contributed by atoms with van der Waals surface area (Å²) >= 11 is 0. The first-order valence-corrected chi connectivity index (χ1v) is 3.05. The van der Waals surface area contributed by atoms with E-state index in [4.69, 9.17) is 5.53 Å². The Labute approximate surface area is 53.1 Å². The fourth-order valence-electron chi connectivity index (χ4n) is 1.12. The van der Waals surface area contributed by atoms with E-state index in [1.165, 1.54) is 0 Å². The van der Waals surface area contributed by atoms with Crippen LogP contribution in [0.3, 0.4) is 0 Å². The Balaban J connectivity index is 2.61. The standard InChI is InChI=1S/C5H9N3O/c6-8-7-5(9)3-1-2-4-5/h9H,1-4H2. The molecule has 0 atom stereocenters. The van der Waals surface area contributed by atoms with Gasteiger partial charge in [0.15, 0.2) is 0 Å². The highest BCUT2D eigenvalue weighted by Crippen LogP contribution is 2.30. The van der Waals surface area contributed by atoms with Gasteiger partial charge in [-0.05, 0) is 18.4 Å². The monoisotopic (exact) mass is 127 g/mol.